The van der Waals surface area contributed by atoms with Crippen LogP contribution in [0.4, 0.5) is 11.5 Å². The molecule has 0 spiro atoms. The number of aromatic nitrogens is 1. The minimum absolute atomic E-state index is 0.236. The highest BCUT2D eigenvalue weighted by atomic mass is 32.2. The summed E-state index contributed by atoms with van der Waals surface area (Å²) in [7, 11) is -2.16. The van der Waals surface area contributed by atoms with E-state index in [1.165, 1.54) is 12.3 Å². The lowest BCUT2D eigenvalue weighted by atomic mass is 10.1. The average molecular weight is 307 g/mol. The first-order chi connectivity index (χ1) is 9.83. The molecule has 112 valence electrons. The van der Waals surface area contributed by atoms with Crippen molar-refractivity contribution in [2.75, 3.05) is 17.6 Å². The molecule has 0 radical (unpaired) electrons. The van der Waals surface area contributed by atoms with Gasteiger partial charge in [-0.05, 0) is 49.2 Å². The van der Waals surface area contributed by atoms with Crippen molar-refractivity contribution in [1.82, 2.24) is 4.98 Å². The molecule has 21 heavy (non-hydrogen) atoms. The molecule has 1 aromatic heterocycles. The van der Waals surface area contributed by atoms with Gasteiger partial charge in [0.05, 0.1) is 23.9 Å². The number of hydrogen-bond donors (Lipinski definition) is 2. The van der Waals surface area contributed by atoms with Crippen LogP contribution in [0.5, 0.6) is 5.75 Å². The van der Waals surface area contributed by atoms with E-state index in [2.05, 4.69) is 9.71 Å². The number of hydrogen-bond acceptors (Lipinski definition) is 5. The summed E-state index contributed by atoms with van der Waals surface area (Å²) in [6, 6.07) is 6.46. The first-order valence-corrected chi connectivity index (χ1v) is 7.71. The Morgan fingerprint density at radius 3 is 2.29 bits per heavy atom. The van der Waals surface area contributed by atoms with E-state index in [1.807, 2.05) is 0 Å². The summed E-state index contributed by atoms with van der Waals surface area (Å²) < 4.78 is 32.7. The fourth-order valence-corrected chi connectivity index (χ4v) is 3.62. The Morgan fingerprint density at radius 1 is 1.19 bits per heavy atom. The summed E-state index contributed by atoms with van der Waals surface area (Å²) in [5, 5.41) is 0. The SMILES string of the molecule is COc1cc(C)c(S(=O)(=O)Nc2ccc(N)nc2)c(C)c1. The van der Waals surface area contributed by atoms with Gasteiger partial charge in [0, 0.05) is 0 Å². The highest BCUT2D eigenvalue weighted by Crippen LogP contribution is 2.27. The summed E-state index contributed by atoms with van der Waals surface area (Å²) in [6.07, 6.45) is 1.38. The van der Waals surface area contributed by atoms with Gasteiger partial charge in [-0.2, -0.15) is 0 Å². The average Bonchev–Trinajstić information content (AvgIpc) is 2.39. The molecular formula is C14H17N3O3S. The molecule has 0 fully saturated rings. The van der Waals surface area contributed by atoms with Crippen LogP contribution in [0.25, 0.3) is 0 Å². The van der Waals surface area contributed by atoms with Gasteiger partial charge in [-0.15, -0.1) is 0 Å². The molecule has 3 N–H and O–H groups in total. The van der Waals surface area contributed by atoms with Crippen LogP contribution in [0.1, 0.15) is 11.1 Å². The number of nitrogens with one attached hydrogen (secondary N) is 1. The number of ether oxygens (including phenoxy) is 1. The fraction of sp³-hybridized carbons (Fsp3) is 0.214. The lowest BCUT2D eigenvalue weighted by Crippen LogP contribution is -2.16. The molecule has 2 aromatic rings. The van der Waals surface area contributed by atoms with Crippen molar-refractivity contribution in [3.05, 3.63) is 41.6 Å². The maximum Gasteiger partial charge on any atom is 0.262 e. The van der Waals surface area contributed by atoms with E-state index in [0.717, 1.165) is 0 Å². The molecule has 2 rings (SSSR count). The molecule has 6 nitrogen and oxygen atoms in total. The van der Waals surface area contributed by atoms with Gasteiger partial charge in [0.25, 0.3) is 10.0 Å². The van der Waals surface area contributed by atoms with Crippen LogP contribution in [0, 0.1) is 13.8 Å². The van der Waals surface area contributed by atoms with Crippen molar-refractivity contribution in [3.63, 3.8) is 0 Å². The third-order valence-electron chi connectivity index (χ3n) is 2.98. The van der Waals surface area contributed by atoms with Gasteiger partial charge in [0.15, 0.2) is 0 Å². The Kier molecular flexibility index (Phi) is 4.04. The highest BCUT2D eigenvalue weighted by Gasteiger charge is 2.20. The van der Waals surface area contributed by atoms with Gasteiger partial charge in [-0.3, -0.25) is 4.72 Å². The zero-order chi connectivity index (χ0) is 15.6. The quantitative estimate of drug-likeness (QED) is 0.902. The predicted octanol–water partition coefficient (Wildman–Crippen LogP) is 2.09. The molecule has 0 bridgehead atoms. The summed E-state index contributed by atoms with van der Waals surface area (Å²) in [6.45, 7) is 3.45. The van der Waals surface area contributed by atoms with E-state index in [-0.39, 0.29) is 4.90 Å². The van der Waals surface area contributed by atoms with Crippen LogP contribution in [0.2, 0.25) is 0 Å². The number of nitrogens with two attached hydrogens (primary N) is 1. The van der Waals surface area contributed by atoms with Crippen LogP contribution in [-0.4, -0.2) is 20.5 Å². The second-order valence-electron chi connectivity index (χ2n) is 4.67. The zero-order valence-electron chi connectivity index (χ0n) is 12.0. The van der Waals surface area contributed by atoms with Crippen LogP contribution in [0.15, 0.2) is 35.4 Å². The van der Waals surface area contributed by atoms with Crippen LogP contribution < -0.4 is 15.2 Å². The second-order valence-corrected chi connectivity index (χ2v) is 6.29. The van der Waals surface area contributed by atoms with Crippen molar-refractivity contribution in [3.8, 4) is 5.75 Å². The Hall–Kier alpha value is -2.28. The minimum Gasteiger partial charge on any atom is -0.497 e. The maximum atomic E-state index is 12.5. The normalized spacial score (nSPS) is 11.2. The van der Waals surface area contributed by atoms with E-state index >= 15 is 0 Å². The monoisotopic (exact) mass is 307 g/mol. The summed E-state index contributed by atoms with van der Waals surface area (Å²) in [4.78, 5) is 4.10. The van der Waals surface area contributed by atoms with Crippen molar-refractivity contribution >= 4 is 21.5 Å². The standard InChI is InChI=1S/C14H17N3O3S/c1-9-6-12(20-3)7-10(2)14(9)21(18,19)17-11-4-5-13(15)16-8-11/h4-8,17H,1-3H3,(H2,15,16). The Labute approximate surface area is 124 Å². The number of pyridine rings is 1. The Morgan fingerprint density at radius 2 is 1.81 bits per heavy atom. The summed E-state index contributed by atoms with van der Waals surface area (Å²) >= 11 is 0. The van der Waals surface area contributed by atoms with Crippen molar-refractivity contribution in [2.45, 2.75) is 18.7 Å². The number of nitrogens with zero attached hydrogens (tertiary/aromatic N) is 1. The minimum atomic E-state index is -3.70. The van der Waals surface area contributed by atoms with Crippen molar-refractivity contribution in [1.29, 1.82) is 0 Å². The van der Waals surface area contributed by atoms with Gasteiger partial charge in [0.2, 0.25) is 0 Å². The molecule has 0 saturated heterocycles. The third-order valence-corrected chi connectivity index (χ3v) is 4.66. The molecule has 7 heteroatoms. The molecule has 0 aliphatic heterocycles. The Balaban J connectivity index is 2.42. The lowest BCUT2D eigenvalue weighted by Gasteiger charge is -2.14. The smallest absolute Gasteiger partial charge is 0.262 e. The van der Waals surface area contributed by atoms with Crippen molar-refractivity contribution in [2.24, 2.45) is 0 Å². The Bertz CT molecular complexity index is 733. The van der Waals surface area contributed by atoms with Crippen LogP contribution in [0.3, 0.4) is 0 Å². The van der Waals surface area contributed by atoms with Gasteiger partial charge in [-0.25, -0.2) is 13.4 Å². The zero-order valence-corrected chi connectivity index (χ0v) is 12.9. The number of rotatable bonds is 4. The number of aryl methyl sites for hydroxylation is 2. The van der Waals surface area contributed by atoms with E-state index in [0.29, 0.717) is 28.4 Å². The van der Waals surface area contributed by atoms with Crippen molar-refractivity contribution < 1.29 is 13.2 Å². The number of sulfonamides is 1. The number of benzene rings is 1. The molecular weight excluding hydrogens is 290 g/mol. The third kappa shape index (κ3) is 3.25. The summed E-state index contributed by atoms with van der Waals surface area (Å²) in [5.41, 5.74) is 7.07. The molecule has 1 heterocycles. The van der Waals surface area contributed by atoms with Gasteiger partial charge in [-0.1, -0.05) is 0 Å². The first kappa shape index (κ1) is 15.1. The van der Waals surface area contributed by atoms with Crippen LogP contribution >= 0.6 is 0 Å². The van der Waals surface area contributed by atoms with Crippen LogP contribution in [-0.2, 0) is 10.0 Å². The van der Waals surface area contributed by atoms with E-state index in [1.54, 1.807) is 39.2 Å². The molecule has 0 aliphatic carbocycles. The molecule has 0 unspecified atom stereocenters. The van der Waals surface area contributed by atoms with Gasteiger partial charge < -0.3 is 10.5 Å². The number of nitrogen functional groups attached to an aromatic ring is 1. The van der Waals surface area contributed by atoms with Gasteiger partial charge >= 0.3 is 0 Å². The first-order valence-electron chi connectivity index (χ1n) is 6.23. The lowest BCUT2D eigenvalue weighted by molar-refractivity contribution is 0.413. The molecule has 0 atom stereocenters. The molecule has 0 saturated carbocycles. The molecule has 0 amide bonds. The highest BCUT2D eigenvalue weighted by molar-refractivity contribution is 7.92. The fourth-order valence-electron chi connectivity index (χ4n) is 2.12. The molecule has 0 aliphatic rings. The van der Waals surface area contributed by atoms with E-state index in [4.69, 9.17) is 10.5 Å². The van der Waals surface area contributed by atoms with Gasteiger partial charge in [0.1, 0.15) is 11.6 Å². The number of methoxy groups -OCH3 is 1. The number of anilines is 2. The maximum absolute atomic E-state index is 12.5. The second kappa shape index (κ2) is 5.61. The predicted molar refractivity (Wildman–Crippen MR) is 81.9 cm³/mol. The van der Waals surface area contributed by atoms with E-state index in [9.17, 15) is 8.42 Å². The largest absolute Gasteiger partial charge is 0.497 e. The summed E-state index contributed by atoms with van der Waals surface area (Å²) in [5.74, 6) is 0.952. The van der Waals surface area contributed by atoms with E-state index < -0.39 is 10.0 Å². The molecule has 1 aromatic carbocycles. The topological polar surface area (TPSA) is 94.3 Å².